The first-order valence-corrected chi connectivity index (χ1v) is 14.2. The van der Waals surface area contributed by atoms with Crippen LogP contribution in [-0.4, -0.2) is 16.3 Å². The largest absolute Gasteiger partial charge is 0.400 e. The summed E-state index contributed by atoms with van der Waals surface area (Å²) < 4.78 is 10.6. The highest BCUT2D eigenvalue weighted by Crippen LogP contribution is 2.28. The zero-order valence-electron chi connectivity index (χ0n) is 20.0. The molecule has 0 aliphatic rings. The SMILES string of the molecule is CC(C)C(CCCCCCCCCCCCCCCCCNP(=O)(O)O)C(C)C. The van der Waals surface area contributed by atoms with Crippen molar-refractivity contribution < 1.29 is 14.4 Å². The van der Waals surface area contributed by atoms with Crippen molar-refractivity contribution in [3.05, 3.63) is 0 Å². The van der Waals surface area contributed by atoms with E-state index in [0.717, 1.165) is 30.6 Å². The van der Waals surface area contributed by atoms with Crippen LogP contribution in [0.4, 0.5) is 0 Å². The third-order valence-corrected chi connectivity index (χ3v) is 6.88. The van der Waals surface area contributed by atoms with Crippen molar-refractivity contribution in [3.63, 3.8) is 0 Å². The maximum absolute atomic E-state index is 10.6. The van der Waals surface area contributed by atoms with Crippen molar-refractivity contribution in [1.82, 2.24) is 5.09 Å². The molecule has 0 saturated heterocycles. The summed E-state index contributed by atoms with van der Waals surface area (Å²) in [4.78, 5) is 17.4. The van der Waals surface area contributed by atoms with Crippen LogP contribution in [0.15, 0.2) is 0 Å². The minimum Gasteiger partial charge on any atom is -0.313 e. The van der Waals surface area contributed by atoms with Crippen molar-refractivity contribution in [2.75, 3.05) is 6.54 Å². The molecule has 0 spiro atoms. The summed E-state index contributed by atoms with van der Waals surface area (Å²) in [5.41, 5.74) is 0. The number of unbranched alkanes of at least 4 members (excludes halogenated alkanes) is 14. The lowest BCUT2D eigenvalue weighted by molar-refractivity contribution is 0.261. The van der Waals surface area contributed by atoms with Crippen LogP contribution < -0.4 is 5.09 Å². The topological polar surface area (TPSA) is 69.6 Å². The lowest BCUT2D eigenvalue weighted by Gasteiger charge is -2.24. The molecule has 0 aliphatic carbocycles. The zero-order valence-corrected chi connectivity index (χ0v) is 20.9. The molecule has 3 N–H and O–H groups in total. The van der Waals surface area contributed by atoms with E-state index >= 15 is 0 Å². The zero-order chi connectivity index (χ0) is 22.0. The quantitative estimate of drug-likeness (QED) is 0.127. The standard InChI is InChI=1S/C24H52NO3P/c1-22(2)24(23(3)4)20-18-16-14-12-10-8-6-5-7-9-11-13-15-17-19-21-25-29(26,27)28/h22-24H,5-21H2,1-4H3,(H3,25,26,27,28). The number of hydrogen-bond acceptors (Lipinski definition) is 1. The summed E-state index contributed by atoms with van der Waals surface area (Å²) in [7, 11) is -4.02. The fraction of sp³-hybridized carbons (Fsp3) is 1.00. The third kappa shape index (κ3) is 21.1. The number of rotatable bonds is 21. The Morgan fingerprint density at radius 3 is 1.21 bits per heavy atom. The first kappa shape index (κ1) is 29.1. The van der Waals surface area contributed by atoms with Crippen molar-refractivity contribution in [3.8, 4) is 0 Å². The van der Waals surface area contributed by atoms with Crippen LogP contribution in [0.25, 0.3) is 0 Å². The van der Waals surface area contributed by atoms with Gasteiger partial charge in [-0.2, -0.15) is 0 Å². The Kier molecular flexibility index (Phi) is 18.9. The molecule has 0 unspecified atom stereocenters. The van der Waals surface area contributed by atoms with Crippen LogP contribution in [0.1, 0.15) is 130 Å². The number of nitrogens with one attached hydrogen (secondary N) is 1. The van der Waals surface area contributed by atoms with Gasteiger partial charge in [-0.3, -0.25) is 0 Å². The van der Waals surface area contributed by atoms with Crippen LogP contribution in [-0.2, 0) is 4.57 Å². The summed E-state index contributed by atoms with van der Waals surface area (Å²) in [5.74, 6) is 2.56. The molecule has 0 aromatic heterocycles. The van der Waals surface area contributed by atoms with Crippen LogP contribution in [0.3, 0.4) is 0 Å². The molecule has 0 saturated carbocycles. The molecule has 0 aromatic rings. The van der Waals surface area contributed by atoms with Gasteiger partial charge in [0.2, 0.25) is 0 Å². The fourth-order valence-electron chi connectivity index (χ4n) is 4.46. The maximum Gasteiger partial charge on any atom is 0.400 e. The summed E-state index contributed by atoms with van der Waals surface area (Å²) in [5, 5.41) is 2.25. The highest BCUT2D eigenvalue weighted by atomic mass is 31.2. The Bertz CT molecular complexity index is 388. The van der Waals surface area contributed by atoms with E-state index in [1.165, 1.54) is 89.9 Å². The monoisotopic (exact) mass is 433 g/mol. The molecule has 0 radical (unpaired) electrons. The molecule has 0 amide bonds. The molecule has 0 rings (SSSR count). The van der Waals surface area contributed by atoms with Crippen molar-refractivity contribution in [1.29, 1.82) is 0 Å². The van der Waals surface area contributed by atoms with Gasteiger partial charge in [0.1, 0.15) is 0 Å². The summed E-state index contributed by atoms with van der Waals surface area (Å²) >= 11 is 0. The van der Waals surface area contributed by atoms with Crippen LogP contribution >= 0.6 is 7.75 Å². The van der Waals surface area contributed by atoms with E-state index in [4.69, 9.17) is 9.79 Å². The van der Waals surface area contributed by atoms with Gasteiger partial charge in [0.05, 0.1) is 0 Å². The van der Waals surface area contributed by atoms with E-state index in [2.05, 4.69) is 32.8 Å². The van der Waals surface area contributed by atoms with Crippen LogP contribution in [0.5, 0.6) is 0 Å². The van der Waals surface area contributed by atoms with Gasteiger partial charge in [0.15, 0.2) is 0 Å². The molecule has 0 atom stereocenters. The van der Waals surface area contributed by atoms with E-state index in [1.54, 1.807) is 0 Å². The Balaban J connectivity index is 3.22. The molecular weight excluding hydrogens is 381 g/mol. The second-order valence-corrected chi connectivity index (χ2v) is 11.1. The third-order valence-electron chi connectivity index (χ3n) is 6.24. The van der Waals surface area contributed by atoms with Crippen LogP contribution in [0, 0.1) is 17.8 Å². The summed E-state index contributed by atoms with van der Waals surface area (Å²) in [6, 6.07) is 0. The van der Waals surface area contributed by atoms with E-state index in [-0.39, 0.29) is 0 Å². The average molecular weight is 434 g/mol. The van der Waals surface area contributed by atoms with E-state index in [1.807, 2.05) is 0 Å². The van der Waals surface area contributed by atoms with Gasteiger partial charge in [0.25, 0.3) is 0 Å². The molecule has 0 bridgehead atoms. The minimum atomic E-state index is -4.02. The average Bonchev–Trinajstić information content (AvgIpc) is 2.62. The van der Waals surface area contributed by atoms with Gasteiger partial charge in [-0.05, 0) is 30.6 Å². The molecule has 5 heteroatoms. The highest BCUT2D eigenvalue weighted by molar-refractivity contribution is 7.49. The highest BCUT2D eigenvalue weighted by Gasteiger charge is 2.16. The van der Waals surface area contributed by atoms with Gasteiger partial charge in [-0.25, -0.2) is 9.65 Å². The molecule has 0 aromatic carbocycles. The summed E-state index contributed by atoms with van der Waals surface area (Å²) in [6.45, 7) is 9.92. The van der Waals surface area contributed by atoms with Gasteiger partial charge in [-0.15, -0.1) is 0 Å². The van der Waals surface area contributed by atoms with E-state index in [0.29, 0.717) is 6.54 Å². The first-order chi connectivity index (χ1) is 13.7. The predicted molar refractivity (Wildman–Crippen MR) is 127 cm³/mol. The van der Waals surface area contributed by atoms with Gasteiger partial charge < -0.3 is 9.79 Å². The lowest BCUT2D eigenvalue weighted by Crippen LogP contribution is -2.15. The number of hydrogen-bond donors (Lipinski definition) is 3. The lowest BCUT2D eigenvalue weighted by atomic mass is 9.81. The predicted octanol–water partition coefficient (Wildman–Crippen LogP) is 7.84. The first-order valence-electron chi connectivity index (χ1n) is 12.5. The smallest absolute Gasteiger partial charge is 0.313 e. The summed E-state index contributed by atoms with van der Waals surface area (Å²) in [6.07, 6.45) is 21.1. The normalized spacial score (nSPS) is 12.6. The molecule has 176 valence electrons. The van der Waals surface area contributed by atoms with E-state index < -0.39 is 7.75 Å². The second-order valence-electron chi connectivity index (χ2n) is 9.70. The molecule has 4 nitrogen and oxygen atoms in total. The van der Waals surface area contributed by atoms with Gasteiger partial charge >= 0.3 is 7.75 Å². The molecule has 0 heterocycles. The minimum absolute atomic E-state index is 0.417. The molecule has 0 fully saturated rings. The van der Waals surface area contributed by atoms with Crippen molar-refractivity contribution in [2.24, 2.45) is 17.8 Å². The maximum atomic E-state index is 10.6. The Morgan fingerprint density at radius 1 is 0.586 bits per heavy atom. The Morgan fingerprint density at radius 2 is 0.897 bits per heavy atom. The van der Waals surface area contributed by atoms with Crippen molar-refractivity contribution in [2.45, 2.75) is 130 Å². The van der Waals surface area contributed by atoms with Gasteiger partial charge in [-0.1, -0.05) is 118 Å². The molecule has 29 heavy (non-hydrogen) atoms. The molecule has 0 aliphatic heterocycles. The van der Waals surface area contributed by atoms with Crippen molar-refractivity contribution >= 4 is 7.75 Å². The van der Waals surface area contributed by atoms with Crippen LogP contribution in [0.2, 0.25) is 0 Å². The van der Waals surface area contributed by atoms with E-state index in [9.17, 15) is 4.57 Å². The van der Waals surface area contributed by atoms with Gasteiger partial charge in [0, 0.05) is 6.54 Å². The Hall–Kier alpha value is 0.110. The fourth-order valence-corrected chi connectivity index (χ4v) is 4.91. The molecular formula is C24H52NO3P. The second kappa shape index (κ2) is 18.8. The Labute approximate surface area is 182 Å².